The summed E-state index contributed by atoms with van der Waals surface area (Å²) in [5, 5.41) is 15.6. The van der Waals surface area contributed by atoms with Gasteiger partial charge in [0.15, 0.2) is 5.75 Å². The molecule has 2 aromatic carbocycles. The number of anilines is 1. The molecule has 3 aromatic rings. The number of nitrogens with one attached hydrogen (secondary N) is 1. The van der Waals surface area contributed by atoms with Crippen molar-refractivity contribution in [2.45, 2.75) is 6.18 Å². The second-order valence-corrected chi connectivity index (χ2v) is 7.80. The van der Waals surface area contributed by atoms with Crippen LogP contribution < -0.4 is 14.8 Å². The van der Waals surface area contributed by atoms with Gasteiger partial charge in [0.2, 0.25) is 5.75 Å². The molecule has 1 N–H and O–H groups in total. The molecule has 0 bridgehead atoms. The third-order valence-corrected chi connectivity index (χ3v) is 5.53. The van der Waals surface area contributed by atoms with Crippen LogP contribution in [0.1, 0.15) is 15.2 Å². The predicted molar refractivity (Wildman–Crippen MR) is 113 cm³/mol. The van der Waals surface area contributed by atoms with Crippen molar-refractivity contribution in [3.8, 4) is 17.2 Å². The normalized spacial score (nSPS) is 11.2. The van der Waals surface area contributed by atoms with Gasteiger partial charge in [-0.25, -0.2) is 0 Å². The first kappa shape index (κ1) is 23.6. The fraction of sp³-hybridized carbons (Fsp3) is 0.105. The first-order chi connectivity index (χ1) is 15.0. The smallest absolute Gasteiger partial charge is 0.416 e. The number of alkyl halides is 3. The lowest BCUT2D eigenvalue weighted by Gasteiger charge is -2.12. The number of halogens is 5. The van der Waals surface area contributed by atoms with Crippen molar-refractivity contribution in [3.63, 3.8) is 0 Å². The number of carbonyl (C=O) groups excluding carboxylic acids is 1. The second-order valence-electron chi connectivity index (χ2n) is 6.07. The average molecular weight is 507 g/mol. The summed E-state index contributed by atoms with van der Waals surface area (Å²) in [4.78, 5) is 23.0. The van der Waals surface area contributed by atoms with Crippen molar-refractivity contribution in [2.75, 3.05) is 12.4 Å². The van der Waals surface area contributed by atoms with E-state index < -0.39 is 34.0 Å². The minimum atomic E-state index is -4.77. The highest BCUT2D eigenvalue weighted by molar-refractivity contribution is 7.12. The molecule has 0 saturated heterocycles. The van der Waals surface area contributed by atoms with Gasteiger partial charge in [-0.2, -0.15) is 13.2 Å². The van der Waals surface area contributed by atoms with Crippen LogP contribution in [0, 0.1) is 10.1 Å². The van der Waals surface area contributed by atoms with Crippen LogP contribution in [0.5, 0.6) is 17.2 Å². The van der Waals surface area contributed by atoms with E-state index in [0.717, 1.165) is 17.4 Å². The van der Waals surface area contributed by atoms with Crippen LogP contribution >= 0.6 is 34.5 Å². The van der Waals surface area contributed by atoms with Crippen LogP contribution in [0.2, 0.25) is 10.0 Å². The van der Waals surface area contributed by atoms with Crippen LogP contribution in [0.4, 0.5) is 24.5 Å². The van der Waals surface area contributed by atoms with Gasteiger partial charge in [0.25, 0.3) is 5.91 Å². The maximum Gasteiger partial charge on any atom is 0.416 e. The van der Waals surface area contributed by atoms with Crippen LogP contribution in [0.3, 0.4) is 0 Å². The minimum Gasteiger partial charge on any atom is -0.495 e. The van der Waals surface area contributed by atoms with Gasteiger partial charge in [-0.05, 0) is 29.6 Å². The van der Waals surface area contributed by atoms with Crippen molar-refractivity contribution in [3.05, 3.63) is 72.4 Å². The van der Waals surface area contributed by atoms with E-state index in [4.69, 9.17) is 32.7 Å². The van der Waals surface area contributed by atoms with Gasteiger partial charge in [0.1, 0.15) is 10.6 Å². The summed E-state index contributed by atoms with van der Waals surface area (Å²) in [5.74, 6) is -0.959. The summed E-state index contributed by atoms with van der Waals surface area (Å²) < 4.78 is 49.2. The standard InChI is InChI=1S/C19H11Cl2F3N2O5S/c1-30-16-8-12(10(20)7-11(16)21)25-18(27)17-15(4-5-32-17)31-14-3-2-9(19(22,23)24)6-13(14)26(28)29/h2-8H,1H3,(H,25,27). The van der Waals surface area contributed by atoms with E-state index in [9.17, 15) is 28.1 Å². The molecule has 168 valence electrons. The maximum absolute atomic E-state index is 12.9. The number of methoxy groups -OCH3 is 1. The summed E-state index contributed by atoms with van der Waals surface area (Å²) in [6.45, 7) is 0. The highest BCUT2D eigenvalue weighted by Crippen LogP contribution is 2.40. The Bertz CT molecular complexity index is 1200. The number of carbonyl (C=O) groups is 1. The lowest BCUT2D eigenvalue weighted by atomic mass is 10.2. The molecular formula is C19H11Cl2F3N2O5S. The summed E-state index contributed by atoms with van der Waals surface area (Å²) >= 11 is 13.0. The summed E-state index contributed by atoms with van der Waals surface area (Å²) in [5.41, 5.74) is -1.92. The first-order valence-corrected chi connectivity index (χ1v) is 10.1. The number of nitro benzene ring substituents is 1. The molecule has 32 heavy (non-hydrogen) atoms. The van der Waals surface area contributed by atoms with Gasteiger partial charge in [-0.15, -0.1) is 11.3 Å². The quantitative estimate of drug-likeness (QED) is 0.286. The molecular weight excluding hydrogens is 496 g/mol. The number of thiophene rings is 1. The molecule has 0 aliphatic heterocycles. The number of rotatable bonds is 6. The largest absolute Gasteiger partial charge is 0.495 e. The highest BCUT2D eigenvalue weighted by Gasteiger charge is 2.33. The van der Waals surface area contributed by atoms with E-state index >= 15 is 0 Å². The van der Waals surface area contributed by atoms with Crippen LogP contribution in [0.25, 0.3) is 0 Å². The van der Waals surface area contributed by atoms with Gasteiger partial charge in [0, 0.05) is 12.1 Å². The maximum atomic E-state index is 12.9. The molecule has 0 saturated carbocycles. The molecule has 0 radical (unpaired) electrons. The van der Waals surface area contributed by atoms with E-state index in [1.807, 2.05) is 0 Å². The third-order valence-electron chi connectivity index (χ3n) is 4.03. The Hall–Kier alpha value is -3.02. The Kier molecular flexibility index (Phi) is 6.82. The second kappa shape index (κ2) is 9.23. The van der Waals surface area contributed by atoms with E-state index in [1.54, 1.807) is 0 Å². The Balaban J connectivity index is 1.90. The third kappa shape index (κ3) is 5.06. The molecule has 0 aliphatic rings. The molecule has 13 heteroatoms. The molecule has 1 amide bonds. The Labute approximate surface area is 192 Å². The molecule has 1 aromatic heterocycles. The number of nitro groups is 1. The number of hydrogen-bond donors (Lipinski definition) is 1. The molecule has 0 aliphatic carbocycles. The van der Waals surface area contributed by atoms with Crippen LogP contribution in [0.15, 0.2) is 41.8 Å². The molecule has 0 atom stereocenters. The molecule has 0 fully saturated rings. The van der Waals surface area contributed by atoms with Crippen molar-refractivity contribution in [1.82, 2.24) is 0 Å². The molecule has 1 heterocycles. The fourth-order valence-corrected chi connectivity index (χ4v) is 3.76. The lowest BCUT2D eigenvalue weighted by molar-refractivity contribution is -0.385. The minimum absolute atomic E-state index is 0.00387. The monoisotopic (exact) mass is 506 g/mol. The summed E-state index contributed by atoms with van der Waals surface area (Å²) in [7, 11) is 1.38. The number of hydrogen-bond acceptors (Lipinski definition) is 6. The SMILES string of the molecule is COc1cc(NC(=O)c2sccc2Oc2ccc(C(F)(F)F)cc2[N+](=O)[O-])c(Cl)cc1Cl. The van der Waals surface area contributed by atoms with E-state index in [0.29, 0.717) is 12.1 Å². The topological polar surface area (TPSA) is 90.7 Å². The molecule has 0 spiro atoms. The zero-order valence-corrected chi connectivity index (χ0v) is 18.2. The first-order valence-electron chi connectivity index (χ1n) is 8.46. The van der Waals surface area contributed by atoms with Gasteiger partial charge in [-0.1, -0.05) is 23.2 Å². The fourth-order valence-electron chi connectivity index (χ4n) is 2.54. The van der Waals surface area contributed by atoms with Gasteiger partial charge in [0.05, 0.1) is 33.3 Å². The average Bonchev–Trinajstić information content (AvgIpc) is 3.17. The van der Waals surface area contributed by atoms with E-state index in [2.05, 4.69) is 5.32 Å². The zero-order chi connectivity index (χ0) is 23.6. The predicted octanol–water partition coefficient (Wildman–Crippen LogP) is 7.04. The lowest BCUT2D eigenvalue weighted by Crippen LogP contribution is -2.12. The van der Waals surface area contributed by atoms with Crippen LogP contribution in [-0.4, -0.2) is 17.9 Å². The van der Waals surface area contributed by atoms with Gasteiger partial charge >= 0.3 is 11.9 Å². The van der Waals surface area contributed by atoms with Crippen molar-refractivity contribution < 1.29 is 32.4 Å². The summed E-state index contributed by atoms with van der Waals surface area (Å²) in [6.07, 6.45) is -4.77. The number of nitrogens with zero attached hydrogens (tertiary/aromatic N) is 1. The molecule has 0 unspecified atom stereocenters. The van der Waals surface area contributed by atoms with Crippen molar-refractivity contribution >= 4 is 51.8 Å². The Morgan fingerprint density at radius 3 is 2.44 bits per heavy atom. The molecule has 3 rings (SSSR count). The number of amides is 1. The number of ether oxygens (including phenoxy) is 2. The van der Waals surface area contributed by atoms with Crippen molar-refractivity contribution in [2.24, 2.45) is 0 Å². The highest BCUT2D eigenvalue weighted by atomic mass is 35.5. The number of benzene rings is 2. The zero-order valence-electron chi connectivity index (χ0n) is 15.8. The Morgan fingerprint density at radius 2 is 1.81 bits per heavy atom. The van der Waals surface area contributed by atoms with Gasteiger partial charge < -0.3 is 14.8 Å². The van der Waals surface area contributed by atoms with E-state index in [-0.39, 0.29) is 32.1 Å². The Morgan fingerprint density at radius 1 is 1.09 bits per heavy atom. The van der Waals surface area contributed by atoms with Crippen molar-refractivity contribution in [1.29, 1.82) is 0 Å². The van der Waals surface area contributed by atoms with Crippen LogP contribution in [-0.2, 0) is 6.18 Å². The molecule has 7 nitrogen and oxygen atoms in total. The summed E-state index contributed by atoms with van der Waals surface area (Å²) in [6, 6.07) is 5.95. The van der Waals surface area contributed by atoms with E-state index in [1.165, 1.54) is 30.7 Å². The van der Waals surface area contributed by atoms with Gasteiger partial charge in [-0.3, -0.25) is 14.9 Å².